The fourth-order valence-electron chi connectivity index (χ4n) is 3.75. The number of aryl methyl sites for hydroxylation is 1. The quantitative estimate of drug-likeness (QED) is 0.672. The SMILES string of the molecule is C=C(C)[C@H]1C(=O)Nc2c(C)nc(NC3CC(Oc4cnc(C(F)(F)F)nc4)C3)nc2N1C. The van der Waals surface area contributed by atoms with Crippen LogP contribution in [-0.2, 0) is 11.0 Å². The topological polar surface area (TPSA) is 105 Å². The van der Waals surface area contributed by atoms with Gasteiger partial charge in [-0.2, -0.15) is 18.2 Å². The smallest absolute Gasteiger partial charge is 0.451 e. The summed E-state index contributed by atoms with van der Waals surface area (Å²) in [5.41, 5.74) is 1.90. The summed E-state index contributed by atoms with van der Waals surface area (Å²) in [6.07, 6.45) is -1.49. The molecule has 170 valence electrons. The lowest BCUT2D eigenvalue weighted by atomic mass is 9.89. The Morgan fingerprint density at radius 2 is 1.94 bits per heavy atom. The molecule has 2 aromatic rings. The number of carbonyl (C=O) groups excluding carboxylic acids is 1. The van der Waals surface area contributed by atoms with Crippen molar-refractivity contribution in [3.63, 3.8) is 0 Å². The Kier molecular flexibility index (Phi) is 5.39. The predicted octanol–water partition coefficient (Wildman–Crippen LogP) is 2.95. The van der Waals surface area contributed by atoms with Crippen LogP contribution in [0, 0.1) is 6.92 Å². The van der Waals surface area contributed by atoms with Crippen molar-refractivity contribution in [3.05, 3.63) is 36.1 Å². The van der Waals surface area contributed by atoms with Crippen LogP contribution in [0.15, 0.2) is 24.5 Å². The number of likely N-dealkylation sites (N-methyl/N-ethyl adjacent to an activating group) is 1. The van der Waals surface area contributed by atoms with Crippen molar-refractivity contribution in [2.24, 2.45) is 0 Å². The summed E-state index contributed by atoms with van der Waals surface area (Å²) in [6, 6.07) is -0.481. The lowest BCUT2D eigenvalue weighted by Crippen LogP contribution is -2.47. The predicted molar refractivity (Wildman–Crippen MR) is 110 cm³/mol. The van der Waals surface area contributed by atoms with Gasteiger partial charge in [-0.1, -0.05) is 6.58 Å². The van der Waals surface area contributed by atoms with Crippen molar-refractivity contribution in [1.29, 1.82) is 0 Å². The average Bonchev–Trinajstić information content (AvgIpc) is 2.67. The molecule has 9 nitrogen and oxygen atoms in total. The van der Waals surface area contributed by atoms with E-state index in [-0.39, 0.29) is 23.8 Å². The minimum absolute atomic E-state index is 0.0354. The standard InChI is InChI=1S/C20H22F3N7O2/c1-9(2)15-17(31)28-14-10(3)26-19(29-16(14)30(15)4)27-11-5-12(6-11)32-13-7-24-18(25-8-13)20(21,22)23/h7-8,11-12,15H,1,5-6H2,2-4H3,(H,28,31)(H,26,27,29)/t11?,12?,15-/m0/s1. The fraction of sp³-hybridized carbons (Fsp3) is 0.450. The van der Waals surface area contributed by atoms with Gasteiger partial charge in [0.25, 0.3) is 5.91 Å². The lowest BCUT2D eigenvalue weighted by Gasteiger charge is -2.37. The molecule has 1 amide bonds. The number of alkyl halides is 3. The van der Waals surface area contributed by atoms with Crippen LogP contribution in [0.3, 0.4) is 0 Å². The van der Waals surface area contributed by atoms with Gasteiger partial charge in [0.05, 0.1) is 18.1 Å². The Hall–Kier alpha value is -3.44. The third-order valence-corrected chi connectivity index (χ3v) is 5.37. The van der Waals surface area contributed by atoms with E-state index in [0.717, 1.165) is 12.4 Å². The molecule has 0 bridgehead atoms. The van der Waals surface area contributed by atoms with Crippen molar-refractivity contribution in [2.75, 3.05) is 22.6 Å². The molecule has 2 aromatic heterocycles. The van der Waals surface area contributed by atoms with Crippen molar-refractivity contribution in [2.45, 2.75) is 51.1 Å². The van der Waals surface area contributed by atoms with Crippen molar-refractivity contribution in [3.8, 4) is 5.75 Å². The molecule has 4 rings (SSSR count). The van der Waals surface area contributed by atoms with E-state index in [1.54, 1.807) is 25.8 Å². The molecule has 1 saturated carbocycles. The summed E-state index contributed by atoms with van der Waals surface area (Å²) in [7, 11) is 1.78. The molecule has 1 aliphatic heterocycles. The van der Waals surface area contributed by atoms with E-state index in [1.807, 2.05) is 0 Å². The van der Waals surface area contributed by atoms with Crippen LogP contribution in [0.1, 0.15) is 31.3 Å². The normalized spacial score (nSPS) is 22.5. The number of nitrogens with one attached hydrogen (secondary N) is 2. The molecule has 0 saturated heterocycles. The molecule has 32 heavy (non-hydrogen) atoms. The summed E-state index contributed by atoms with van der Waals surface area (Å²) in [6.45, 7) is 7.46. The average molecular weight is 449 g/mol. The highest BCUT2D eigenvalue weighted by molar-refractivity contribution is 6.05. The maximum absolute atomic E-state index is 12.5. The van der Waals surface area contributed by atoms with Gasteiger partial charge in [-0.3, -0.25) is 4.79 Å². The zero-order valence-corrected chi connectivity index (χ0v) is 17.7. The van der Waals surface area contributed by atoms with Crippen LogP contribution in [0.2, 0.25) is 0 Å². The van der Waals surface area contributed by atoms with Crippen molar-refractivity contribution >= 4 is 23.4 Å². The van der Waals surface area contributed by atoms with E-state index in [4.69, 9.17) is 4.74 Å². The van der Waals surface area contributed by atoms with Gasteiger partial charge in [0.15, 0.2) is 11.6 Å². The molecular formula is C20H22F3N7O2. The van der Waals surface area contributed by atoms with Crippen LogP contribution in [0.4, 0.5) is 30.6 Å². The minimum atomic E-state index is -4.59. The number of ether oxygens (including phenoxy) is 1. The molecule has 0 radical (unpaired) electrons. The zero-order valence-electron chi connectivity index (χ0n) is 17.7. The summed E-state index contributed by atoms with van der Waals surface area (Å²) < 4.78 is 43.3. The first-order valence-corrected chi connectivity index (χ1v) is 9.93. The summed E-state index contributed by atoms with van der Waals surface area (Å²) in [5, 5.41) is 6.10. The first-order valence-electron chi connectivity index (χ1n) is 9.93. The second-order valence-corrected chi connectivity index (χ2v) is 7.97. The van der Waals surface area contributed by atoms with Gasteiger partial charge in [0.2, 0.25) is 11.8 Å². The van der Waals surface area contributed by atoms with Gasteiger partial charge >= 0.3 is 6.18 Å². The molecule has 12 heteroatoms. The largest absolute Gasteiger partial charge is 0.487 e. The highest BCUT2D eigenvalue weighted by Crippen LogP contribution is 2.35. The van der Waals surface area contributed by atoms with Crippen LogP contribution in [-0.4, -0.2) is 51.1 Å². The molecule has 2 aliphatic rings. The number of halogens is 3. The molecule has 1 fully saturated rings. The van der Waals surface area contributed by atoms with Gasteiger partial charge in [0.1, 0.15) is 17.8 Å². The molecule has 0 aromatic carbocycles. The van der Waals surface area contributed by atoms with E-state index >= 15 is 0 Å². The Labute approximate surface area is 182 Å². The summed E-state index contributed by atoms with van der Waals surface area (Å²) >= 11 is 0. The number of aromatic nitrogens is 4. The van der Waals surface area contributed by atoms with Gasteiger partial charge in [-0.15, -0.1) is 0 Å². The number of amides is 1. The van der Waals surface area contributed by atoms with Gasteiger partial charge < -0.3 is 20.3 Å². The number of anilines is 3. The highest BCUT2D eigenvalue weighted by Gasteiger charge is 2.36. The number of fused-ring (bicyclic) bond motifs is 1. The zero-order chi connectivity index (χ0) is 23.2. The number of hydrogen-bond donors (Lipinski definition) is 2. The van der Waals surface area contributed by atoms with Crippen LogP contribution in [0.5, 0.6) is 5.75 Å². The maximum atomic E-state index is 12.5. The van der Waals surface area contributed by atoms with Gasteiger partial charge in [0, 0.05) is 25.9 Å². The molecule has 1 aliphatic carbocycles. The molecule has 1 atom stereocenters. The fourth-order valence-corrected chi connectivity index (χ4v) is 3.75. The minimum Gasteiger partial charge on any atom is -0.487 e. The second-order valence-electron chi connectivity index (χ2n) is 7.97. The summed E-state index contributed by atoms with van der Waals surface area (Å²) in [5.74, 6) is -0.169. The van der Waals surface area contributed by atoms with Gasteiger partial charge in [-0.05, 0) is 19.4 Å². The molecule has 2 N–H and O–H groups in total. The van der Waals surface area contributed by atoms with Gasteiger partial charge in [-0.25, -0.2) is 15.0 Å². The first kappa shape index (κ1) is 21.8. The third kappa shape index (κ3) is 4.16. The van der Waals surface area contributed by atoms with Crippen molar-refractivity contribution in [1.82, 2.24) is 19.9 Å². The summed E-state index contributed by atoms with van der Waals surface area (Å²) in [4.78, 5) is 29.7. The number of rotatable bonds is 5. The van der Waals surface area contributed by atoms with E-state index < -0.39 is 18.0 Å². The first-order chi connectivity index (χ1) is 15.0. The molecular weight excluding hydrogens is 427 g/mol. The highest BCUT2D eigenvalue weighted by atomic mass is 19.4. The Morgan fingerprint density at radius 1 is 1.28 bits per heavy atom. The second kappa shape index (κ2) is 7.92. The maximum Gasteiger partial charge on any atom is 0.451 e. The van der Waals surface area contributed by atoms with E-state index in [2.05, 4.69) is 37.1 Å². The third-order valence-electron chi connectivity index (χ3n) is 5.37. The Balaban J connectivity index is 1.38. The van der Waals surface area contributed by atoms with Crippen molar-refractivity contribution < 1.29 is 22.7 Å². The van der Waals surface area contributed by atoms with E-state index in [9.17, 15) is 18.0 Å². The Bertz CT molecular complexity index is 1050. The van der Waals surface area contributed by atoms with E-state index in [0.29, 0.717) is 41.6 Å². The number of nitrogens with zero attached hydrogens (tertiary/aromatic N) is 5. The molecule has 3 heterocycles. The lowest BCUT2D eigenvalue weighted by molar-refractivity contribution is -0.145. The van der Waals surface area contributed by atoms with Crippen LogP contribution in [0.25, 0.3) is 0 Å². The monoisotopic (exact) mass is 449 g/mol. The molecule has 0 spiro atoms. The Morgan fingerprint density at radius 3 is 2.53 bits per heavy atom. The van der Waals surface area contributed by atoms with Crippen LogP contribution >= 0.6 is 0 Å². The number of hydrogen-bond acceptors (Lipinski definition) is 8. The van der Waals surface area contributed by atoms with Crippen LogP contribution < -0.4 is 20.3 Å². The van der Waals surface area contributed by atoms with E-state index in [1.165, 1.54) is 0 Å². The molecule has 0 unspecified atom stereocenters. The number of carbonyl (C=O) groups is 1.